The molecule has 0 amide bonds. The van der Waals surface area contributed by atoms with Crippen molar-refractivity contribution in [3.05, 3.63) is 53.8 Å². The molecule has 0 unspecified atom stereocenters. The third-order valence-electron chi connectivity index (χ3n) is 2.70. The molecular formula is C14H7F7O. The summed E-state index contributed by atoms with van der Waals surface area (Å²) < 4.78 is 90.4. The van der Waals surface area contributed by atoms with Crippen LogP contribution in [0.2, 0.25) is 0 Å². The van der Waals surface area contributed by atoms with Gasteiger partial charge >= 0.3 is 12.5 Å². The molecule has 0 aliphatic heterocycles. The van der Waals surface area contributed by atoms with Gasteiger partial charge in [-0.05, 0) is 35.4 Å². The first-order valence-electron chi connectivity index (χ1n) is 5.79. The van der Waals surface area contributed by atoms with Crippen LogP contribution in [0.4, 0.5) is 30.7 Å². The minimum Gasteiger partial charge on any atom is -0.406 e. The largest absolute Gasteiger partial charge is 0.573 e. The zero-order valence-electron chi connectivity index (χ0n) is 10.6. The van der Waals surface area contributed by atoms with Gasteiger partial charge in [-0.2, -0.15) is 13.2 Å². The molecule has 2 rings (SSSR count). The molecule has 2 aromatic carbocycles. The van der Waals surface area contributed by atoms with Crippen molar-refractivity contribution >= 4 is 0 Å². The van der Waals surface area contributed by atoms with Crippen LogP contribution in [0.3, 0.4) is 0 Å². The Bertz CT molecular complexity index is 656. The van der Waals surface area contributed by atoms with E-state index in [-0.39, 0.29) is 11.1 Å². The Hall–Kier alpha value is -2.25. The molecule has 0 saturated heterocycles. The summed E-state index contributed by atoms with van der Waals surface area (Å²) in [7, 11) is 0. The highest BCUT2D eigenvalue weighted by Gasteiger charge is 2.34. The molecule has 0 aliphatic carbocycles. The molecule has 0 spiro atoms. The molecule has 0 radical (unpaired) electrons. The highest BCUT2D eigenvalue weighted by molar-refractivity contribution is 5.64. The Balaban J connectivity index is 2.28. The van der Waals surface area contributed by atoms with Gasteiger partial charge in [0.15, 0.2) is 0 Å². The monoisotopic (exact) mass is 324 g/mol. The average Bonchev–Trinajstić information content (AvgIpc) is 2.36. The SMILES string of the molecule is Fc1cc(-c2ccc(OC(F)(F)F)cc2)ccc1C(F)(F)F. The third kappa shape index (κ3) is 3.90. The lowest BCUT2D eigenvalue weighted by Gasteiger charge is -2.11. The highest BCUT2D eigenvalue weighted by atomic mass is 19.4. The molecule has 22 heavy (non-hydrogen) atoms. The van der Waals surface area contributed by atoms with Crippen LogP contribution in [-0.4, -0.2) is 6.36 Å². The fraction of sp³-hybridized carbons (Fsp3) is 0.143. The third-order valence-corrected chi connectivity index (χ3v) is 2.70. The van der Waals surface area contributed by atoms with Crippen LogP contribution in [0.5, 0.6) is 5.75 Å². The summed E-state index contributed by atoms with van der Waals surface area (Å²) in [5, 5.41) is 0. The molecule has 0 N–H and O–H groups in total. The van der Waals surface area contributed by atoms with Crippen LogP contribution in [0.15, 0.2) is 42.5 Å². The molecule has 0 bridgehead atoms. The predicted molar refractivity (Wildman–Crippen MR) is 63.5 cm³/mol. The second-order valence-corrected chi connectivity index (χ2v) is 4.26. The van der Waals surface area contributed by atoms with Gasteiger partial charge in [-0.3, -0.25) is 0 Å². The first kappa shape index (κ1) is 16.1. The number of alkyl halides is 6. The molecule has 0 heterocycles. The van der Waals surface area contributed by atoms with E-state index in [2.05, 4.69) is 4.74 Å². The van der Waals surface area contributed by atoms with E-state index in [0.717, 1.165) is 18.2 Å². The van der Waals surface area contributed by atoms with E-state index >= 15 is 0 Å². The van der Waals surface area contributed by atoms with E-state index in [4.69, 9.17) is 0 Å². The predicted octanol–water partition coefficient (Wildman–Crippen LogP) is 5.41. The van der Waals surface area contributed by atoms with Crippen molar-refractivity contribution in [2.75, 3.05) is 0 Å². The first-order chi connectivity index (χ1) is 10.1. The molecule has 0 atom stereocenters. The number of benzene rings is 2. The van der Waals surface area contributed by atoms with Gasteiger partial charge in [-0.15, -0.1) is 13.2 Å². The summed E-state index contributed by atoms with van der Waals surface area (Å²) in [6.45, 7) is 0. The van der Waals surface area contributed by atoms with Crippen molar-refractivity contribution in [2.24, 2.45) is 0 Å². The lowest BCUT2D eigenvalue weighted by Crippen LogP contribution is -2.16. The normalized spacial score (nSPS) is 12.3. The summed E-state index contributed by atoms with van der Waals surface area (Å²) in [6.07, 6.45) is -9.66. The zero-order chi connectivity index (χ0) is 16.5. The van der Waals surface area contributed by atoms with Gasteiger partial charge in [0.2, 0.25) is 0 Å². The number of hydrogen-bond donors (Lipinski definition) is 0. The van der Waals surface area contributed by atoms with E-state index in [0.29, 0.717) is 12.1 Å². The maximum atomic E-state index is 13.4. The molecule has 2 aromatic rings. The minimum absolute atomic E-state index is 0.101. The Morgan fingerprint density at radius 2 is 1.27 bits per heavy atom. The van der Waals surface area contributed by atoms with E-state index in [1.165, 1.54) is 12.1 Å². The summed E-state index contributed by atoms with van der Waals surface area (Å²) in [5.41, 5.74) is -1.06. The maximum absolute atomic E-state index is 13.4. The fourth-order valence-corrected chi connectivity index (χ4v) is 1.77. The van der Waals surface area contributed by atoms with Crippen LogP contribution in [0.1, 0.15) is 5.56 Å². The van der Waals surface area contributed by atoms with Gasteiger partial charge in [-0.1, -0.05) is 18.2 Å². The van der Waals surface area contributed by atoms with E-state index in [1.54, 1.807) is 0 Å². The second kappa shape index (κ2) is 5.51. The molecule has 8 heteroatoms. The quantitative estimate of drug-likeness (QED) is 0.671. The molecule has 0 aliphatic rings. The van der Waals surface area contributed by atoms with Gasteiger partial charge in [0.25, 0.3) is 0 Å². The molecule has 0 saturated carbocycles. The minimum atomic E-state index is -4.85. The molecule has 1 nitrogen and oxygen atoms in total. The number of hydrogen-bond acceptors (Lipinski definition) is 1. The van der Waals surface area contributed by atoms with Gasteiger partial charge in [-0.25, -0.2) is 4.39 Å². The summed E-state index contributed by atoms with van der Waals surface area (Å²) >= 11 is 0. The van der Waals surface area contributed by atoms with Crippen LogP contribution in [-0.2, 0) is 6.18 Å². The van der Waals surface area contributed by atoms with Crippen molar-refractivity contribution in [3.63, 3.8) is 0 Å². The summed E-state index contributed by atoms with van der Waals surface area (Å²) in [4.78, 5) is 0. The lowest BCUT2D eigenvalue weighted by molar-refractivity contribution is -0.274. The molecule has 118 valence electrons. The van der Waals surface area contributed by atoms with E-state index in [9.17, 15) is 30.7 Å². The van der Waals surface area contributed by atoms with E-state index in [1.807, 2.05) is 0 Å². The van der Waals surface area contributed by atoms with Crippen molar-refractivity contribution in [2.45, 2.75) is 12.5 Å². The van der Waals surface area contributed by atoms with Crippen LogP contribution < -0.4 is 4.74 Å². The van der Waals surface area contributed by atoms with Crippen LogP contribution >= 0.6 is 0 Å². The van der Waals surface area contributed by atoms with Crippen molar-refractivity contribution < 1.29 is 35.5 Å². The van der Waals surface area contributed by atoms with Gasteiger partial charge < -0.3 is 4.74 Å². The Kier molecular flexibility index (Phi) is 4.04. The van der Waals surface area contributed by atoms with Gasteiger partial charge in [0, 0.05) is 0 Å². The number of rotatable bonds is 2. The summed E-state index contributed by atoms with van der Waals surface area (Å²) in [6, 6.07) is 6.61. The van der Waals surface area contributed by atoms with Gasteiger partial charge in [0.1, 0.15) is 11.6 Å². The molecule has 0 fully saturated rings. The first-order valence-corrected chi connectivity index (χ1v) is 5.79. The van der Waals surface area contributed by atoms with Crippen molar-refractivity contribution in [1.82, 2.24) is 0 Å². The summed E-state index contributed by atoms with van der Waals surface area (Å²) in [5.74, 6) is -1.94. The lowest BCUT2D eigenvalue weighted by atomic mass is 10.0. The zero-order valence-corrected chi connectivity index (χ0v) is 10.6. The molecule has 0 aromatic heterocycles. The van der Waals surface area contributed by atoms with Crippen LogP contribution in [0.25, 0.3) is 11.1 Å². The van der Waals surface area contributed by atoms with Crippen molar-refractivity contribution in [3.8, 4) is 16.9 Å². The molecular weight excluding hydrogens is 317 g/mol. The number of ether oxygens (including phenoxy) is 1. The second-order valence-electron chi connectivity index (χ2n) is 4.26. The Morgan fingerprint density at radius 1 is 0.727 bits per heavy atom. The van der Waals surface area contributed by atoms with Gasteiger partial charge in [0.05, 0.1) is 5.56 Å². The van der Waals surface area contributed by atoms with Crippen LogP contribution in [0, 0.1) is 5.82 Å². The maximum Gasteiger partial charge on any atom is 0.573 e. The standard InChI is InChI=1S/C14H7F7O/c15-12-7-9(3-6-11(12)13(16,17)18)8-1-4-10(5-2-8)22-14(19,20)21/h1-7H. The van der Waals surface area contributed by atoms with Crippen molar-refractivity contribution in [1.29, 1.82) is 0 Å². The fourth-order valence-electron chi connectivity index (χ4n) is 1.77. The van der Waals surface area contributed by atoms with E-state index < -0.39 is 29.7 Å². The smallest absolute Gasteiger partial charge is 0.406 e. The highest BCUT2D eigenvalue weighted by Crippen LogP contribution is 2.34. The number of halogens is 7. The topological polar surface area (TPSA) is 9.23 Å². The average molecular weight is 324 g/mol. The Labute approximate surface area is 119 Å². The Morgan fingerprint density at radius 3 is 1.73 bits per heavy atom.